The highest BCUT2D eigenvalue weighted by Crippen LogP contribution is 2.24. The minimum Gasteiger partial charge on any atom is -0.494 e. The Hall–Kier alpha value is -0.820. The van der Waals surface area contributed by atoms with E-state index in [9.17, 15) is 8.42 Å². The molecular formula is C16H27ClN2O3S. The zero-order valence-corrected chi connectivity index (χ0v) is 15.5. The molecule has 1 aliphatic rings. The number of rotatable bonds is 7. The van der Waals surface area contributed by atoms with Gasteiger partial charge in [-0.1, -0.05) is 6.92 Å². The Morgan fingerprint density at radius 1 is 1.30 bits per heavy atom. The molecule has 0 aliphatic carbocycles. The number of nitrogens with zero attached hydrogens (tertiary/aromatic N) is 1. The molecule has 7 heteroatoms. The molecule has 132 valence electrons. The molecule has 23 heavy (non-hydrogen) atoms. The van der Waals surface area contributed by atoms with Gasteiger partial charge in [0, 0.05) is 13.1 Å². The van der Waals surface area contributed by atoms with Gasteiger partial charge in [-0.3, -0.25) is 0 Å². The van der Waals surface area contributed by atoms with Gasteiger partial charge in [-0.15, -0.1) is 12.4 Å². The SMILES string of the molecule is CCCOc1ccc(S(=O)(=O)N2CCCC(CNC)C2)cc1.Cl. The molecule has 2 rings (SSSR count). The van der Waals surface area contributed by atoms with E-state index in [1.165, 1.54) is 0 Å². The number of nitrogens with one attached hydrogen (secondary N) is 1. The molecule has 1 unspecified atom stereocenters. The van der Waals surface area contributed by atoms with Gasteiger partial charge in [0.25, 0.3) is 0 Å². The lowest BCUT2D eigenvalue weighted by Crippen LogP contribution is -2.42. The zero-order chi connectivity index (χ0) is 16.0. The van der Waals surface area contributed by atoms with Gasteiger partial charge >= 0.3 is 0 Å². The second kappa shape index (κ2) is 9.47. The maximum atomic E-state index is 12.7. The topological polar surface area (TPSA) is 58.6 Å². The van der Waals surface area contributed by atoms with E-state index >= 15 is 0 Å². The largest absolute Gasteiger partial charge is 0.494 e. The lowest BCUT2D eigenvalue weighted by molar-refractivity contribution is 0.263. The monoisotopic (exact) mass is 362 g/mol. The molecule has 0 bridgehead atoms. The van der Waals surface area contributed by atoms with Crippen LogP contribution in [0.5, 0.6) is 5.75 Å². The molecule has 5 nitrogen and oxygen atoms in total. The van der Waals surface area contributed by atoms with Crippen molar-refractivity contribution in [2.75, 3.05) is 33.3 Å². The first-order valence-electron chi connectivity index (χ1n) is 7.95. The number of sulfonamides is 1. The highest BCUT2D eigenvalue weighted by molar-refractivity contribution is 7.89. The summed E-state index contributed by atoms with van der Waals surface area (Å²) in [4.78, 5) is 0.349. The van der Waals surface area contributed by atoms with E-state index in [1.807, 2.05) is 14.0 Å². The van der Waals surface area contributed by atoms with E-state index in [2.05, 4.69) is 5.32 Å². The van der Waals surface area contributed by atoms with Crippen LogP contribution >= 0.6 is 12.4 Å². The summed E-state index contributed by atoms with van der Waals surface area (Å²) in [6.45, 7) is 4.74. The van der Waals surface area contributed by atoms with Crippen molar-refractivity contribution in [2.45, 2.75) is 31.1 Å². The molecular weight excluding hydrogens is 336 g/mol. The van der Waals surface area contributed by atoms with E-state index < -0.39 is 10.0 Å². The van der Waals surface area contributed by atoms with Gasteiger partial charge in [0.15, 0.2) is 0 Å². The predicted octanol–water partition coefficient (Wildman–Crippen LogP) is 2.52. The van der Waals surface area contributed by atoms with Gasteiger partial charge < -0.3 is 10.1 Å². The van der Waals surface area contributed by atoms with Crippen LogP contribution in [0.25, 0.3) is 0 Å². The van der Waals surface area contributed by atoms with Crippen LogP contribution < -0.4 is 10.1 Å². The quantitative estimate of drug-likeness (QED) is 0.809. The fraction of sp³-hybridized carbons (Fsp3) is 0.625. The van der Waals surface area contributed by atoms with Gasteiger partial charge in [-0.25, -0.2) is 8.42 Å². The lowest BCUT2D eigenvalue weighted by Gasteiger charge is -2.31. The Morgan fingerprint density at radius 3 is 2.61 bits per heavy atom. The number of ether oxygens (including phenoxy) is 1. The van der Waals surface area contributed by atoms with Crippen LogP contribution in [0.4, 0.5) is 0 Å². The number of hydrogen-bond donors (Lipinski definition) is 1. The van der Waals surface area contributed by atoms with Crippen LogP contribution in [-0.4, -0.2) is 46.0 Å². The molecule has 1 aliphatic heterocycles. The van der Waals surface area contributed by atoms with Gasteiger partial charge in [-0.2, -0.15) is 4.31 Å². The number of halogens is 1. The summed E-state index contributed by atoms with van der Waals surface area (Å²) in [5.74, 6) is 1.10. The molecule has 1 N–H and O–H groups in total. The molecule has 0 spiro atoms. The maximum absolute atomic E-state index is 12.7. The highest BCUT2D eigenvalue weighted by Gasteiger charge is 2.29. The van der Waals surface area contributed by atoms with Crippen molar-refractivity contribution < 1.29 is 13.2 Å². The Kier molecular flexibility index (Phi) is 8.33. The summed E-state index contributed by atoms with van der Waals surface area (Å²) in [6.07, 6.45) is 2.93. The van der Waals surface area contributed by atoms with Gasteiger partial charge in [0.1, 0.15) is 5.75 Å². The minimum atomic E-state index is -3.40. The predicted molar refractivity (Wildman–Crippen MR) is 94.9 cm³/mol. The van der Waals surface area contributed by atoms with Crippen molar-refractivity contribution in [3.05, 3.63) is 24.3 Å². The Morgan fingerprint density at radius 2 is 2.00 bits per heavy atom. The third-order valence-electron chi connectivity index (χ3n) is 3.91. The standard InChI is InChI=1S/C16H26N2O3S.ClH/c1-3-11-21-15-6-8-16(9-7-15)22(19,20)18-10-4-5-14(13-18)12-17-2;/h6-9,14,17H,3-5,10-13H2,1-2H3;1H. The third-order valence-corrected chi connectivity index (χ3v) is 5.79. The fourth-order valence-corrected chi connectivity index (χ4v) is 4.33. The van der Waals surface area contributed by atoms with E-state index in [-0.39, 0.29) is 12.4 Å². The average Bonchev–Trinajstić information content (AvgIpc) is 2.54. The zero-order valence-electron chi connectivity index (χ0n) is 13.8. The fourth-order valence-electron chi connectivity index (χ4n) is 2.78. The molecule has 1 aromatic rings. The molecule has 1 aromatic carbocycles. The van der Waals surface area contributed by atoms with Crippen molar-refractivity contribution in [1.29, 1.82) is 0 Å². The number of piperidine rings is 1. The Labute approximate surface area is 145 Å². The van der Waals surface area contributed by atoms with Crippen LogP contribution in [0.2, 0.25) is 0 Å². The molecule has 0 aromatic heterocycles. The molecule has 0 radical (unpaired) electrons. The third kappa shape index (κ3) is 5.35. The second-order valence-corrected chi connectivity index (χ2v) is 7.69. The summed E-state index contributed by atoms with van der Waals surface area (Å²) in [5.41, 5.74) is 0. The highest BCUT2D eigenvalue weighted by atomic mass is 35.5. The van der Waals surface area contributed by atoms with E-state index in [0.29, 0.717) is 36.3 Å². The smallest absolute Gasteiger partial charge is 0.243 e. The molecule has 1 saturated heterocycles. The minimum absolute atomic E-state index is 0. The molecule has 1 fully saturated rings. The van der Waals surface area contributed by atoms with Crippen molar-refractivity contribution in [3.63, 3.8) is 0 Å². The van der Waals surface area contributed by atoms with Gasteiger partial charge in [-0.05, 0) is 63.0 Å². The van der Waals surface area contributed by atoms with Crippen LogP contribution in [0, 0.1) is 5.92 Å². The van der Waals surface area contributed by atoms with Crippen LogP contribution in [0.15, 0.2) is 29.2 Å². The Balaban J connectivity index is 0.00000264. The average molecular weight is 363 g/mol. The number of hydrogen-bond acceptors (Lipinski definition) is 4. The molecule has 0 saturated carbocycles. The van der Waals surface area contributed by atoms with Gasteiger partial charge in [0.2, 0.25) is 10.0 Å². The van der Waals surface area contributed by atoms with Crippen LogP contribution in [0.3, 0.4) is 0 Å². The second-order valence-electron chi connectivity index (χ2n) is 5.75. The van der Waals surface area contributed by atoms with Crippen molar-refractivity contribution in [1.82, 2.24) is 9.62 Å². The summed E-state index contributed by atoms with van der Waals surface area (Å²) < 4.78 is 32.6. The lowest BCUT2D eigenvalue weighted by atomic mass is 10.00. The number of benzene rings is 1. The van der Waals surface area contributed by atoms with E-state index in [0.717, 1.165) is 25.8 Å². The first-order valence-corrected chi connectivity index (χ1v) is 9.39. The summed E-state index contributed by atoms with van der Waals surface area (Å²) in [7, 11) is -1.50. The van der Waals surface area contributed by atoms with Crippen molar-refractivity contribution in [2.24, 2.45) is 5.92 Å². The normalized spacial score (nSPS) is 19.1. The summed E-state index contributed by atoms with van der Waals surface area (Å²) in [6, 6.07) is 6.75. The first kappa shape index (κ1) is 20.2. The van der Waals surface area contributed by atoms with Crippen molar-refractivity contribution in [3.8, 4) is 5.75 Å². The van der Waals surface area contributed by atoms with Crippen molar-refractivity contribution >= 4 is 22.4 Å². The molecule has 0 amide bonds. The van der Waals surface area contributed by atoms with E-state index in [1.54, 1.807) is 28.6 Å². The van der Waals surface area contributed by atoms with E-state index in [4.69, 9.17) is 4.74 Å². The molecule has 1 heterocycles. The maximum Gasteiger partial charge on any atom is 0.243 e. The van der Waals surface area contributed by atoms with Gasteiger partial charge in [0.05, 0.1) is 11.5 Å². The summed E-state index contributed by atoms with van der Waals surface area (Å²) in [5, 5.41) is 3.14. The first-order chi connectivity index (χ1) is 10.6. The Bertz CT molecular complexity index is 561. The van der Waals surface area contributed by atoms with Crippen LogP contribution in [-0.2, 0) is 10.0 Å². The molecule has 1 atom stereocenters. The summed E-state index contributed by atoms with van der Waals surface area (Å²) >= 11 is 0. The van der Waals surface area contributed by atoms with Crippen LogP contribution in [0.1, 0.15) is 26.2 Å².